The average Bonchev–Trinajstić information content (AvgIpc) is 2.43. The van der Waals surface area contributed by atoms with Gasteiger partial charge in [-0.05, 0) is 30.4 Å². The zero-order valence-electron chi connectivity index (χ0n) is 10.9. The molecule has 19 heavy (non-hydrogen) atoms. The van der Waals surface area contributed by atoms with E-state index in [0.717, 1.165) is 19.3 Å². The molecule has 1 aromatic heterocycles. The van der Waals surface area contributed by atoms with Gasteiger partial charge in [-0.15, -0.1) is 5.10 Å². The fourth-order valence-electron chi connectivity index (χ4n) is 2.52. The first-order valence-corrected chi connectivity index (χ1v) is 6.53. The van der Waals surface area contributed by atoms with Gasteiger partial charge < -0.3 is 4.74 Å². The zero-order valence-corrected chi connectivity index (χ0v) is 10.9. The zero-order chi connectivity index (χ0) is 13.2. The summed E-state index contributed by atoms with van der Waals surface area (Å²) < 4.78 is 7.24. The predicted octanol–water partition coefficient (Wildman–Crippen LogP) is 2.24. The third-order valence-electron chi connectivity index (χ3n) is 3.51. The summed E-state index contributed by atoms with van der Waals surface area (Å²) in [6.07, 6.45) is 3.25. The maximum absolute atomic E-state index is 11.3. The van der Waals surface area contributed by atoms with Crippen molar-refractivity contribution in [3.63, 3.8) is 0 Å². The van der Waals surface area contributed by atoms with E-state index in [-0.39, 0.29) is 11.7 Å². The highest BCUT2D eigenvalue weighted by atomic mass is 16.5. The second-order valence-corrected chi connectivity index (χ2v) is 4.83. The second-order valence-electron chi connectivity index (χ2n) is 4.83. The summed E-state index contributed by atoms with van der Waals surface area (Å²) in [5.74, 6) is 0.504. The number of benzene rings is 1. The number of nitrogens with zero attached hydrogens (tertiary/aromatic N) is 2. The molecule has 0 N–H and O–H groups in total. The van der Waals surface area contributed by atoms with Crippen molar-refractivity contribution in [2.75, 3.05) is 0 Å². The van der Waals surface area contributed by atoms with Crippen LogP contribution in [0.4, 0.5) is 0 Å². The first-order valence-electron chi connectivity index (χ1n) is 6.53. The van der Waals surface area contributed by atoms with Crippen molar-refractivity contribution in [3.8, 4) is 5.88 Å². The maximum atomic E-state index is 11.3. The molecule has 2 aromatic rings. The van der Waals surface area contributed by atoms with Crippen LogP contribution in [0, 0.1) is 0 Å². The first kappa shape index (κ1) is 12.0. The lowest BCUT2D eigenvalue weighted by Gasteiger charge is -2.25. The van der Waals surface area contributed by atoms with Crippen LogP contribution >= 0.6 is 0 Å². The third kappa shape index (κ3) is 2.38. The lowest BCUT2D eigenvalue weighted by Crippen LogP contribution is -2.21. The molecule has 4 nitrogen and oxygen atoms in total. The number of rotatable bonds is 2. The summed E-state index contributed by atoms with van der Waals surface area (Å²) in [6, 6.07) is 11.5. The molecule has 1 aliphatic carbocycles. The van der Waals surface area contributed by atoms with Crippen molar-refractivity contribution in [1.29, 1.82) is 0 Å². The highest BCUT2D eigenvalue weighted by Crippen LogP contribution is 2.32. The Morgan fingerprint density at radius 1 is 1.26 bits per heavy atom. The Morgan fingerprint density at radius 2 is 2.11 bits per heavy atom. The van der Waals surface area contributed by atoms with Crippen molar-refractivity contribution >= 4 is 0 Å². The molecule has 0 fully saturated rings. The molecule has 0 spiro atoms. The van der Waals surface area contributed by atoms with Gasteiger partial charge in [0, 0.05) is 19.2 Å². The Balaban J connectivity index is 1.88. The first-order chi connectivity index (χ1) is 9.24. The molecule has 1 aromatic carbocycles. The lowest BCUT2D eigenvalue weighted by molar-refractivity contribution is 0.171. The molecule has 4 heteroatoms. The van der Waals surface area contributed by atoms with Crippen LogP contribution in [0.3, 0.4) is 0 Å². The molecule has 0 bridgehead atoms. The molecule has 0 saturated heterocycles. The van der Waals surface area contributed by atoms with E-state index in [9.17, 15) is 4.79 Å². The van der Waals surface area contributed by atoms with Crippen LogP contribution in [0.15, 0.2) is 41.2 Å². The van der Waals surface area contributed by atoms with Crippen LogP contribution in [-0.4, -0.2) is 9.78 Å². The van der Waals surface area contributed by atoms with E-state index in [4.69, 9.17) is 4.74 Å². The average molecular weight is 256 g/mol. The Morgan fingerprint density at radius 3 is 2.95 bits per heavy atom. The van der Waals surface area contributed by atoms with Gasteiger partial charge in [0.1, 0.15) is 6.10 Å². The summed E-state index contributed by atoms with van der Waals surface area (Å²) in [5, 5.41) is 4.12. The normalized spacial score (nSPS) is 17.8. The summed E-state index contributed by atoms with van der Waals surface area (Å²) in [4.78, 5) is 11.3. The topological polar surface area (TPSA) is 44.1 Å². The third-order valence-corrected chi connectivity index (χ3v) is 3.51. The quantitative estimate of drug-likeness (QED) is 0.827. The Bertz CT molecular complexity index is 649. The van der Waals surface area contributed by atoms with Crippen molar-refractivity contribution in [3.05, 3.63) is 57.9 Å². The number of fused-ring (bicyclic) bond motifs is 1. The van der Waals surface area contributed by atoms with E-state index in [2.05, 4.69) is 23.3 Å². The van der Waals surface area contributed by atoms with E-state index in [1.807, 2.05) is 6.07 Å². The van der Waals surface area contributed by atoms with Gasteiger partial charge in [0.25, 0.3) is 5.56 Å². The van der Waals surface area contributed by atoms with Crippen molar-refractivity contribution in [2.24, 2.45) is 7.05 Å². The van der Waals surface area contributed by atoms with Crippen LogP contribution in [0.1, 0.15) is 30.1 Å². The summed E-state index contributed by atoms with van der Waals surface area (Å²) in [6.45, 7) is 0. The van der Waals surface area contributed by atoms with Gasteiger partial charge in [0.05, 0.1) is 0 Å². The van der Waals surface area contributed by atoms with Gasteiger partial charge in [-0.25, -0.2) is 4.68 Å². The molecule has 0 aliphatic heterocycles. The molecule has 3 rings (SSSR count). The smallest absolute Gasteiger partial charge is 0.266 e. The minimum absolute atomic E-state index is 0.0370. The molecule has 0 radical (unpaired) electrons. The number of hydrogen-bond acceptors (Lipinski definition) is 3. The van der Waals surface area contributed by atoms with Crippen LogP contribution < -0.4 is 10.3 Å². The largest absolute Gasteiger partial charge is 0.468 e. The maximum Gasteiger partial charge on any atom is 0.266 e. The molecule has 1 heterocycles. The molecule has 1 unspecified atom stereocenters. The summed E-state index contributed by atoms with van der Waals surface area (Å²) >= 11 is 0. The summed E-state index contributed by atoms with van der Waals surface area (Å²) in [7, 11) is 1.63. The fourth-order valence-corrected chi connectivity index (χ4v) is 2.52. The second kappa shape index (κ2) is 4.88. The van der Waals surface area contributed by atoms with Gasteiger partial charge in [-0.2, -0.15) is 0 Å². The Labute approximate surface area is 111 Å². The molecular formula is C15H16N2O2. The number of aryl methyl sites for hydroxylation is 2. The molecule has 1 atom stereocenters. The Hall–Kier alpha value is -2.10. The van der Waals surface area contributed by atoms with E-state index in [1.54, 1.807) is 13.1 Å². The molecule has 0 saturated carbocycles. The van der Waals surface area contributed by atoms with Crippen molar-refractivity contribution < 1.29 is 4.74 Å². The lowest BCUT2D eigenvalue weighted by atomic mass is 9.89. The molecular weight excluding hydrogens is 240 g/mol. The van der Waals surface area contributed by atoms with Gasteiger partial charge in [-0.1, -0.05) is 24.3 Å². The highest BCUT2D eigenvalue weighted by molar-refractivity contribution is 5.32. The van der Waals surface area contributed by atoms with E-state index in [0.29, 0.717) is 5.88 Å². The molecule has 0 amide bonds. The van der Waals surface area contributed by atoms with Crippen molar-refractivity contribution in [1.82, 2.24) is 9.78 Å². The Kier molecular flexibility index (Phi) is 3.07. The number of aromatic nitrogens is 2. The van der Waals surface area contributed by atoms with E-state index >= 15 is 0 Å². The van der Waals surface area contributed by atoms with E-state index in [1.165, 1.54) is 21.9 Å². The van der Waals surface area contributed by atoms with Crippen LogP contribution in [0.25, 0.3) is 0 Å². The van der Waals surface area contributed by atoms with E-state index < -0.39 is 0 Å². The number of ether oxygens (including phenoxy) is 1. The van der Waals surface area contributed by atoms with Crippen LogP contribution in [0.5, 0.6) is 5.88 Å². The predicted molar refractivity (Wildman–Crippen MR) is 72.2 cm³/mol. The van der Waals surface area contributed by atoms with Gasteiger partial charge in [-0.3, -0.25) is 4.79 Å². The SMILES string of the molecule is Cn1nc(OC2CCCc3ccccc32)ccc1=O. The molecule has 1 aliphatic rings. The van der Waals surface area contributed by atoms with Gasteiger partial charge in [0.15, 0.2) is 0 Å². The van der Waals surface area contributed by atoms with Gasteiger partial charge in [0.2, 0.25) is 5.88 Å². The standard InChI is InChI=1S/C15H16N2O2/c1-17-15(18)10-9-14(16-17)19-13-8-4-6-11-5-2-3-7-12(11)13/h2-3,5,7,9-10,13H,4,6,8H2,1H3. The van der Waals surface area contributed by atoms with Crippen molar-refractivity contribution in [2.45, 2.75) is 25.4 Å². The summed E-state index contributed by atoms with van der Waals surface area (Å²) in [5.41, 5.74) is 2.46. The monoisotopic (exact) mass is 256 g/mol. The minimum Gasteiger partial charge on any atom is -0.468 e. The minimum atomic E-state index is -0.128. The van der Waals surface area contributed by atoms with Crippen LogP contribution in [0.2, 0.25) is 0 Å². The fraction of sp³-hybridized carbons (Fsp3) is 0.333. The van der Waals surface area contributed by atoms with Gasteiger partial charge >= 0.3 is 0 Å². The highest BCUT2D eigenvalue weighted by Gasteiger charge is 2.21. The van der Waals surface area contributed by atoms with Crippen LogP contribution in [-0.2, 0) is 13.5 Å². The number of hydrogen-bond donors (Lipinski definition) is 0. The molecule has 98 valence electrons.